The predicted octanol–water partition coefficient (Wildman–Crippen LogP) is 2.90. The molecule has 3 nitrogen and oxygen atoms in total. The Balaban J connectivity index is 2.21. The van der Waals surface area contributed by atoms with Crippen LogP contribution >= 0.6 is 0 Å². The quantitative estimate of drug-likeness (QED) is 0.663. The van der Waals surface area contributed by atoms with E-state index in [1.807, 2.05) is 12.1 Å². The zero-order chi connectivity index (χ0) is 13.2. The lowest BCUT2D eigenvalue weighted by Crippen LogP contribution is -2.19. The number of rotatable bonds is 9. The number of unbranched alkanes of at least 4 members (excludes halogenated alkanes) is 3. The SMILES string of the molecule is COc1ccc([C@@H](C)NCCCCCCO)cc1. The summed E-state index contributed by atoms with van der Waals surface area (Å²) in [5, 5.41) is 12.2. The van der Waals surface area contributed by atoms with Gasteiger partial charge in [0, 0.05) is 12.6 Å². The molecule has 2 N–H and O–H groups in total. The van der Waals surface area contributed by atoms with Gasteiger partial charge in [0.1, 0.15) is 5.75 Å². The summed E-state index contributed by atoms with van der Waals surface area (Å²) in [6, 6.07) is 8.56. The van der Waals surface area contributed by atoms with E-state index < -0.39 is 0 Å². The molecule has 102 valence electrons. The summed E-state index contributed by atoms with van der Waals surface area (Å²) in [5.41, 5.74) is 1.28. The van der Waals surface area contributed by atoms with Crippen LogP contribution in [-0.2, 0) is 0 Å². The van der Waals surface area contributed by atoms with Gasteiger partial charge in [-0.2, -0.15) is 0 Å². The Morgan fingerprint density at radius 3 is 2.39 bits per heavy atom. The molecule has 18 heavy (non-hydrogen) atoms. The standard InChI is InChI=1S/C15H25NO2/c1-13(16-11-5-3-4-6-12-17)14-7-9-15(18-2)10-8-14/h7-10,13,16-17H,3-6,11-12H2,1-2H3/t13-/m1/s1. The van der Waals surface area contributed by atoms with Gasteiger partial charge in [-0.3, -0.25) is 0 Å². The molecule has 0 aliphatic carbocycles. The van der Waals surface area contributed by atoms with Gasteiger partial charge in [0.05, 0.1) is 7.11 Å². The van der Waals surface area contributed by atoms with Crippen molar-refractivity contribution in [3.8, 4) is 5.75 Å². The van der Waals surface area contributed by atoms with E-state index in [-0.39, 0.29) is 0 Å². The molecule has 0 aliphatic heterocycles. The second-order valence-corrected chi connectivity index (χ2v) is 4.59. The van der Waals surface area contributed by atoms with E-state index in [4.69, 9.17) is 9.84 Å². The zero-order valence-corrected chi connectivity index (χ0v) is 11.5. The monoisotopic (exact) mass is 251 g/mol. The molecule has 1 aromatic carbocycles. The molecule has 3 heteroatoms. The van der Waals surface area contributed by atoms with E-state index in [1.165, 1.54) is 18.4 Å². The lowest BCUT2D eigenvalue weighted by molar-refractivity contribution is 0.282. The lowest BCUT2D eigenvalue weighted by atomic mass is 10.1. The van der Waals surface area contributed by atoms with Crippen LogP contribution in [0.15, 0.2) is 24.3 Å². The maximum Gasteiger partial charge on any atom is 0.118 e. The highest BCUT2D eigenvalue weighted by Gasteiger charge is 2.04. The average molecular weight is 251 g/mol. The van der Waals surface area contributed by atoms with Crippen LogP contribution in [0.1, 0.15) is 44.2 Å². The fourth-order valence-corrected chi connectivity index (χ4v) is 1.92. The minimum Gasteiger partial charge on any atom is -0.497 e. The molecule has 0 saturated heterocycles. The number of benzene rings is 1. The highest BCUT2D eigenvalue weighted by Crippen LogP contribution is 2.17. The van der Waals surface area contributed by atoms with Crippen LogP contribution in [0.4, 0.5) is 0 Å². The van der Waals surface area contributed by atoms with E-state index >= 15 is 0 Å². The second kappa shape index (κ2) is 8.95. The van der Waals surface area contributed by atoms with Gasteiger partial charge in [-0.25, -0.2) is 0 Å². The van der Waals surface area contributed by atoms with E-state index in [0.29, 0.717) is 12.6 Å². The minimum absolute atomic E-state index is 0.315. The molecular weight excluding hydrogens is 226 g/mol. The van der Waals surface area contributed by atoms with Crippen molar-refractivity contribution < 1.29 is 9.84 Å². The Hall–Kier alpha value is -1.06. The molecule has 1 rings (SSSR count). The van der Waals surface area contributed by atoms with Gasteiger partial charge in [0.25, 0.3) is 0 Å². The van der Waals surface area contributed by atoms with Gasteiger partial charge in [0.15, 0.2) is 0 Å². The van der Waals surface area contributed by atoms with E-state index in [9.17, 15) is 0 Å². The number of aliphatic hydroxyl groups excluding tert-OH is 1. The molecule has 0 amide bonds. The van der Waals surface area contributed by atoms with Gasteiger partial charge in [-0.15, -0.1) is 0 Å². The number of hydrogen-bond donors (Lipinski definition) is 2. The van der Waals surface area contributed by atoms with Crippen molar-refractivity contribution in [1.29, 1.82) is 0 Å². The first kappa shape index (κ1) is 15.0. The van der Waals surface area contributed by atoms with Crippen LogP contribution in [0, 0.1) is 0 Å². The molecule has 0 unspecified atom stereocenters. The summed E-state index contributed by atoms with van der Waals surface area (Å²) in [6.07, 6.45) is 4.40. The van der Waals surface area contributed by atoms with Crippen LogP contribution in [0.5, 0.6) is 5.75 Å². The first-order valence-corrected chi connectivity index (χ1v) is 6.76. The highest BCUT2D eigenvalue weighted by molar-refractivity contribution is 5.28. The molecule has 0 aromatic heterocycles. The summed E-state index contributed by atoms with van der Waals surface area (Å²) >= 11 is 0. The van der Waals surface area contributed by atoms with Crippen LogP contribution < -0.4 is 10.1 Å². The van der Waals surface area contributed by atoms with Crippen molar-refractivity contribution in [3.63, 3.8) is 0 Å². The lowest BCUT2D eigenvalue weighted by Gasteiger charge is -2.14. The second-order valence-electron chi connectivity index (χ2n) is 4.59. The Kier molecular flexibility index (Phi) is 7.46. The van der Waals surface area contributed by atoms with Gasteiger partial charge in [-0.05, 0) is 44.0 Å². The third-order valence-electron chi connectivity index (χ3n) is 3.15. The minimum atomic E-state index is 0.315. The first-order valence-electron chi connectivity index (χ1n) is 6.76. The highest BCUT2D eigenvalue weighted by atomic mass is 16.5. The van der Waals surface area contributed by atoms with Crippen LogP contribution in [0.2, 0.25) is 0 Å². The van der Waals surface area contributed by atoms with Crippen molar-refractivity contribution in [2.45, 2.75) is 38.6 Å². The molecule has 1 atom stereocenters. The fourth-order valence-electron chi connectivity index (χ4n) is 1.92. The number of methoxy groups -OCH3 is 1. The smallest absolute Gasteiger partial charge is 0.118 e. The summed E-state index contributed by atoms with van der Waals surface area (Å²) in [4.78, 5) is 0. The molecule has 0 fully saturated rings. The number of hydrogen-bond acceptors (Lipinski definition) is 3. The van der Waals surface area contributed by atoms with E-state index in [2.05, 4.69) is 24.4 Å². The summed E-state index contributed by atoms with van der Waals surface area (Å²) < 4.78 is 5.14. The normalized spacial score (nSPS) is 12.4. The predicted molar refractivity (Wildman–Crippen MR) is 75.0 cm³/mol. The van der Waals surface area contributed by atoms with Crippen molar-refractivity contribution in [2.24, 2.45) is 0 Å². The number of ether oxygens (including phenoxy) is 1. The molecule has 0 radical (unpaired) electrons. The number of nitrogens with one attached hydrogen (secondary N) is 1. The Morgan fingerprint density at radius 1 is 1.11 bits per heavy atom. The Bertz CT molecular complexity index is 311. The molecule has 1 aromatic rings. The zero-order valence-electron chi connectivity index (χ0n) is 11.5. The summed E-state index contributed by atoms with van der Waals surface area (Å²) in [7, 11) is 1.68. The van der Waals surface area contributed by atoms with Crippen molar-refractivity contribution in [1.82, 2.24) is 5.32 Å². The Morgan fingerprint density at radius 2 is 1.78 bits per heavy atom. The van der Waals surface area contributed by atoms with Crippen LogP contribution in [0.3, 0.4) is 0 Å². The van der Waals surface area contributed by atoms with E-state index in [1.54, 1.807) is 7.11 Å². The maximum absolute atomic E-state index is 8.68. The first-order chi connectivity index (χ1) is 8.77. The molecule has 0 spiro atoms. The van der Waals surface area contributed by atoms with Crippen molar-refractivity contribution in [3.05, 3.63) is 29.8 Å². The van der Waals surface area contributed by atoms with Gasteiger partial charge >= 0.3 is 0 Å². The Labute approximate surface area is 110 Å². The summed E-state index contributed by atoms with van der Waals surface area (Å²) in [6.45, 7) is 3.52. The van der Waals surface area contributed by atoms with E-state index in [0.717, 1.165) is 25.1 Å². The largest absolute Gasteiger partial charge is 0.497 e. The van der Waals surface area contributed by atoms with Crippen LogP contribution in [-0.4, -0.2) is 25.4 Å². The average Bonchev–Trinajstić information content (AvgIpc) is 2.42. The molecule has 0 bridgehead atoms. The molecule has 0 heterocycles. The van der Waals surface area contributed by atoms with Crippen LogP contribution in [0.25, 0.3) is 0 Å². The van der Waals surface area contributed by atoms with Gasteiger partial charge in [0.2, 0.25) is 0 Å². The topological polar surface area (TPSA) is 41.5 Å². The molecule has 0 aliphatic rings. The maximum atomic E-state index is 8.68. The van der Waals surface area contributed by atoms with Crippen molar-refractivity contribution >= 4 is 0 Å². The van der Waals surface area contributed by atoms with Crippen molar-refractivity contribution in [2.75, 3.05) is 20.3 Å². The van der Waals surface area contributed by atoms with Gasteiger partial charge in [-0.1, -0.05) is 25.0 Å². The number of aliphatic hydroxyl groups is 1. The summed E-state index contributed by atoms with van der Waals surface area (Å²) in [5.74, 6) is 0.898. The van der Waals surface area contributed by atoms with Gasteiger partial charge < -0.3 is 15.2 Å². The third-order valence-corrected chi connectivity index (χ3v) is 3.15. The third kappa shape index (κ3) is 5.52. The fraction of sp³-hybridized carbons (Fsp3) is 0.600. The molecule has 0 saturated carbocycles. The molecular formula is C15H25NO2.